The molecule has 1 amide bonds. The summed E-state index contributed by atoms with van der Waals surface area (Å²) < 4.78 is 1.94. The lowest BCUT2D eigenvalue weighted by molar-refractivity contribution is -0.142. The van der Waals surface area contributed by atoms with Gasteiger partial charge in [-0.1, -0.05) is 19.8 Å². The molecule has 1 aromatic heterocycles. The number of rotatable bonds is 6. The maximum Gasteiger partial charge on any atom is 0.306 e. The van der Waals surface area contributed by atoms with Crippen molar-refractivity contribution in [1.29, 1.82) is 0 Å². The third-order valence-corrected chi connectivity index (χ3v) is 8.06. The molecule has 2 heterocycles. The summed E-state index contributed by atoms with van der Waals surface area (Å²) in [5, 5.41) is 12.3. The van der Waals surface area contributed by atoms with Gasteiger partial charge < -0.3 is 15.0 Å². The Balaban J connectivity index is 1.59. The zero-order valence-electron chi connectivity index (χ0n) is 20.0. The van der Waals surface area contributed by atoms with E-state index in [9.17, 15) is 19.5 Å². The number of aromatic nitrogens is 1. The molecule has 2 aliphatic carbocycles. The van der Waals surface area contributed by atoms with Crippen LogP contribution in [-0.2, 0) is 24.2 Å². The Morgan fingerprint density at radius 2 is 1.76 bits per heavy atom. The minimum absolute atomic E-state index is 0.0617. The second-order valence-corrected chi connectivity index (χ2v) is 10.1. The van der Waals surface area contributed by atoms with Gasteiger partial charge in [-0.05, 0) is 88.9 Å². The largest absolute Gasteiger partial charge is 0.481 e. The lowest BCUT2D eigenvalue weighted by atomic mass is 9.86. The molecule has 1 unspecified atom stereocenters. The first kappa shape index (κ1) is 24.0. The highest BCUT2D eigenvalue weighted by Crippen LogP contribution is 2.26. The quantitative estimate of drug-likeness (QED) is 0.683. The van der Waals surface area contributed by atoms with Crippen LogP contribution in [0, 0.1) is 5.92 Å². The number of carboxylic acid groups (broad SMARTS) is 1. The first-order valence-corrected chi connectivity index (χ1v) is 13.0. The number of amides is 1. The summed E-state index contributed by atoms with van der Waals surface area (Å²) in [6, 6.07) is 2.16. The number of carbonyl (C=O) groups excluding carboxylic acids is 1. The van der Waals surface area contributed by atoms with Crippen LogP contribution in [0.1, 0.15) is 92.7 Å². The number of hydrogen-bond acceptors (Lipinski definition) is 4. The Labute approximate surface area is 196 Å². The predicted molar refractivity (Wildman–Crippen MR) is 128 cm³/mol. The maximum atomic E-state index is 13.7. The van der Waals surface area contributed by atoms with E-state index < -0.39 is 5.97 Å². The SMILES string of the molecule is CCN1CCCC1Cn1c2c(cc(C(=O)N[C@H]3CC[C@H](C(=O)O)CC3)c1=O)CCCCCC2. The van der Waals surface area contributed by atoms with E-state index in [2.05, 4.69) is 17.1 Å². The van der Waals surface area contributed by atoms with Crippen LogP contribution in [-0.4, -0.2) is 51.6 Å². The van der Waals surface area contributed by atoms with Crippen molar-refractivity contribution in [3.05, 3.63) is 33.2 Å². The van der Waals surface area contributed by atoms with Gasteiger partial charge in [-0.25, -0.2) is 0 Å². The van der Waals surface area contributed by atoms with Crippen LogP contribution in [0.5, 0.6) is 0 Å². The average molecular weight is 458 g/mol. The van der Waals surface area contributed by atoms with Gasteiger partial charge in [0.1, 0.15) is 5.56 Å². The topological polar surface area (TPSA) is 91.6 Å². The summed E-state index contributed by atoms with van der Waals surface area (Å²) in [6.45, 7) is 4.91. The summed E-state index contributed by atoms with van der Waals surface area (Å²) in [7, 11) is 0. The molecule has 2 fully saturated rings. The number of carboxylic acids is 1. The molecule has 3 aliphatic rings. The van der Waals surface area contributed by atoms with E-state index in [0.29, 0.717) is 38.3 Å². The van der Waals surface area contributed by atoms with Crippen LogP contribution in [0.25, 0.3) is 0 Å². The Morgan fingerprint density at radius 3 is 2.45 bits per heavy atom. The van der Waals surface area contributed by atoms with Crippen LogP contribution in [0.3, 0.4) is 0 Å². The number of aliphatic carboxylic acids is 1. The van der Waals surface area contributed by atoms with Crippen molar-refractivity contribution in [2.45, 2.75) is 103 Å². The number of nitrogens with one attached hydrogen (secondary N) is 1. The second kappa shape index (κ2) is 10.9. The highest BCUT2D eigenvalue weighted by Gasteiger charge is 2.30. The van der Waals surface area contributed by atoms with Gasteiger partial charge in [-0.2, -0.15) is 0 Å². The summed E-state index contributed by atoms with van der Waals surface area (Å²) in [5.41, 5.74) is 2.40. The van der Waals surface area contributed by atoms with Gasteiger partial charge in [-0.15, -0.1) is 0 Å². The van der Waals surface area contributed by atoms with Crippen molar-refractivity contribution in [2.24, 2.45) is 5.92 Å². The molecular weight excluding hydrogens is 418 g/mol. The number of nitrogens with zero attached hydrogens (tertiary/aromatic N) is 2. The first-order chi connectivity index (χ1) is 16.0. The molecule has 2 N–H and O–H groups in total. The average Bonchev–Trinajstić information content (AvgIpc) is 3.24. The molecule has 0 radical (unpaired) electrons. The van der Waals surface area contributed by atoms with E-state index in [1.165, 1.54) is 12.8 Å². The molecular formula is C26H39N3O4. The third-order valence-electron chi connectivity index (χ3n) is 8.06. The molecule has 1 aliphatic heterocycles. The van der Waals surface area contributed by atoms with Crippen LogP contribution < -0.4 is 10.9 Å². The zero-order chi connectivity index (χ0) is 23.4. The molecule has 1 saturated carbocycles. The van der Waals surface area contributed by atoms with Crippen molar-refractivity contribution in [2.75, 3.05) is 13.1 Å². The maximum absolute atomic E-state index is 13.7. The minimum atomic E-state index is -0.752. The Morgan fingerprint density at radius 1 is 1.03 bits per heavy atom. The molecule has 1 atom stereocenters. The van der Waals surface area contributed by atoms with Crippen molar-refractivity contribution >= 4 is 11.9 Å². The molecule has 0 bridgehead atoms. The van der Waals surface area contributed by atoms with E-state index in [4.69, 9.17) is 0 Å². The minimum Gasteiger partial charge on any atom is -0.481 e. The Bertz CT molecular complexity index is 917. The van der Waals surface area contributed by atoms with Crippen molar-refractivity contribution in [1.82, 2.24) is 14.8 Å². The monoisotopic (exact) mass is 457 g/mol. The molecule has 1 aromatic rings. The van der Waals surface area contributed by atoms with Gasteiger partial charge in [0, 0.05) is 24.3 Å². The van der Waals surface area contributed by atoms with Gasteiger partial charge in [0.25, 0.3) is 11.5 Å². The molecule has 182 valence electrons. The second-order valence-electron chi connectivity index (χ2n) is 10.1. The van der Waals surface area contributed by atoms with Crippen LogP contribution in [0.2, 0.25) is 0 Å². The standard InChI is InChI=1S/C26H39N3O4/c1-2-28-15-7-9-21(28)17-29-23-10-6-4-3-5-8-19(23)16-22(25(29)31)24(30)27-20-13-11-18(12-14-20)26(32)33/h16,18,20-21H,2-15,17H2,1H3,(H,27,30)(H,32,33)/t18-,20-,21?. The normalized spacial score (nSPS) is 26.3. The fraction of sp³-hybridized carbons (Fsp3) is 0.731. The summed E-state index contributed by atoms with van der Waals surface area (Å²) in [5.74, 6) is -1.37. The molecule has 0 aromatic carbocycles. The predicted octanol–water partition coefficient (Wildman–Crippen LogP) is 3.36. The van der Waals surface area contributed by atoms with E-state index in [-0.39, 0.29) is 29.0 Å². The lowest BCUT2D eigenvalue weighted by Crippen LogP contribution is -2.43. The van der Waals surface area contributed by atoms with Gasteiger partial charge >= 0.3 is 5.97 Å². The molecule has 1 saturated heterocycles. The zero-order valence-corrected chi connectivity index (χ0v) is 20.0. The molecule has 7 heteroatoms. The fourth-order valence-electron chi connectivity index (χ4n) is 6.07. The summed E-state index contributed by atoms with van der Waals surface area (Å²) in [4.78, 5) is 40.6. The van der Waals surface area contributed by atoms with Crippen LogP contribution >= 0.6 is 0 Å². The Hall–Kier alpha value is -2.15. The summed E-state index contributed by atoms with van der Waals surface area (Å²) >= 11 is 0. The Kier molecular flexibility index (Phi) is 7.89. The fourth-order valence-corrected chi connectivity index (χ4v) is 6.07. The van der Waals surface area contributed by atoms with Crippen molar-refractivity contribution in [3.8, 4) is 0 Å². The van der Waals surface area contributed by atoms with Crippen molar-refractivity contribution in [3.63, 3.8) is 0 Å². The van der Waals surface area contributed by atoms with Gasteiger partial charge in [0.05, 0.1) is 5.92 Å². The number of hydrogen-bond donors (Lipinski definition) is 2. The third kappa shape index (κ3) is 5.51. The molecule has 33 heavy (non-hydrogen) atoms. The first-order valence-electron chi connectivity index (χ1n) is 13.0. The smallest absolute Gasteiger partial charge is 0.306 e. The van der Waals surface area contributed by atoms with Crippen molar-refractivity contribution < 1.29 is 14.7 Å². The van der Waals surface area contributed by atoms with Crippen LogP contribution in [0.15, 0.2) is 10.9 Å². The highest BCUT2D eigenvalue weighted by molar-refractivity contribution is 5.94. The van der Waals surface area contributed by atoms with E-state index in [1.807, 2.05) is 10.6 Å². The number of likely N-dealkylation sites (N-methyl/N-ethyl adjacent to an activating group) is 1. The van der Waals surface area contributed by atoms with Gasteiger partial charge in [0.15, 0.2) is 0 Å². The van der Waals surface area contributed by atoms with Gasteiger partial charge in [0.2, 0.25) is 0 Å². The number of fused-ring (bicyclic) bond motifs is 1. The highest BCUT2D eigenvalue weighted by atomic mass is 16.4. The number of aryl methyl sites for hydroxylation is 1. The molecule has 0 spiro atoms. The number of carbonyl (C=O) groups is 2. The summed E-state index contributed by atoms with van der Waals surface area (Å²) in [6.07, 6.45) is 11.1. The molecule has 4 rings (SSSR count). The number of likely N-dealkylation sites (tertiary alicyclic amines) is 1. The van der Waals surface area contributed by atoms with Crippen LogP contribution in [0.4, 0.5) is 0 Å². The van der Waals surface area contributed by atoms with Gasteiger partial charge in [-0.3, -0.25) is 19.3 Å². The lowest BCUT2D eigenvalue weighted by Gasteiger charge is -2.28. The molecule has 7 nitrogen and oxygen atoms in total. The van der Waals surface area contributed by atoms with E-state index in [1.54, 1.807) is 0 Å². The van der Waals surface area contributed by atoms with E-state index in [0.717, 1.165) is 62.9 Å². The van der Waals surface area contributed by atoms with E-state index >= 15 is 0 Å². The number of pyridine rings is 1.